The molecule has 0 spiro atoms. The highest BCUT2D eigenvalue weighted by Crippen LogP contribution is 2.29. The van der Waals surface area contributed by atoms with Gasteiger partial charge in [-0.3, -0.25) is 4.98 Å². The van der Waals surface area contributed by atoms with E-state index < -0.39 is 0 Å². The zero-order valence-corrected chi connectivity index (χ0v) is 12.4. The second kappa shape index (κ2) is 6.39. The van der Waals surface area contributed by atoms with Crippen LogP contribution in [0.2, 0.25) is 0 Å². The van der Waals surface area contributed by atoms with Crippen molar-refractivity contribution >= 4 is 5.69 Å². The van der Waals surface area contributed by atoms with Crippen LogP contribution in [0.15, 0.2) is 42.6 Å². The van der Waals surface area contributed by atoms with Crippen LogP contribution in [0.1, 0.15) is 17.3 Å². The summed E-state index contributed by atoms with van der Waals surface area (Å²) in [5.41, 5.74) is 3.22. The lowest BCUT2D eigenvalue weighted by atomic mass is 10.0. The first-order chi connectivity index (χ1) is 9.67. The second-order valence-electron chi connectivity index (χ2n) is 4.80. The summed E-state index contributed by atoms with van der Waals surface area (Å²) in [4.78, 5) is 6.56. The van der Waals surface area contributed by atoms with E-state index >= 15 is 0 Å². The van der Waals surface area contributed by atoms with Crippen molar-refractivity contribution < 1.29 is 4.74 Å². The molecule has 0 saturated heterocycles. The highest BCUT2D eigenvalue weighted by atomic mass is 16.5. The number of methoxy groups -OCH3 is 1. The standard InChI is InChI=1S/C16H21N3O/c1-17-15(16-14(20-4)9-6-10-18-16)12-7-5-8-13(11-12)19(2)3/h5-11,15,17H,1-4H3. The van der Waals surface area contributed by atoms with Gasteiger partial charge in [-0.05, 0) is 36.9 Å². The molecule has 0 aliphatic carbocycles. The zero-order chi connectivity index (χ0) is 14.5. The zero-order valence-electron chi connectivity index (χ0n) is 12.4. The highest BCUT2D eigenvalue weighted by molar-refractivity contribution is 5.49. The lowest BCUT2D eigenvalue weighted by molar-refractivity contribution is 0.401. The summed E-state index contributed by atoms with van der Waals surface area (Å²) in [6, 6.07) is 12.2. The number of pyridine rings is 1. The van der Waals surface area contributed by atoms with Crippen LogP contribution in [0, 0.1) is 0 Å². The molecule has 0 bridgehead atoms. The van der Waals surface area contributed by atoms with E-state index in [1.807, 2.05) is 33.3 Å². The van der Waals surface area contributed by atoms with Crippen LogP contribution >= 0.6 is 0 Å². The van der Waals surface area contributed by atoms with Crippen molar-refractivity contribution in [1.82, 2.24) is 10.3 Å². The van der Waals surface area contributed by atoms with E-state index in [1.165, 1.54) is 0 Å². The van der Waals surface area contributed by atoms with E-state index in [1.54, 1.807) is 13.3 Å². The molecule has 0 fully saturated rings. The predicted molar refractivity (Wildman–Crippen MR) is 82.5 cm³/mol. The molecule has 1 unspecified atom stereocenters. The molecule has 0 amide bonds. The van der Waals surface area contributed by atoms with E-state index in [2.05, 4.69) is 39.5 Å². The molecule has 0 saturated carbocycles. The predicted octanol–water partition coefficient (Wildman–Crippen LogP) is 2.47. The van der Waals surface area contributed by atoms with Crippen LogP contribution in [-0.4, -0.2) is 33.2 Å². The molecule has 1 heterocycles. The van der Waals surface area contributed by atoms with Crippen molar-refractivity contribution in [1.29, 1.82) is 0 Å². The summed E-state index contributed by atoms with van der Waals surface area (Å²) >= 11 is 0. The molecule has 0 radical (unpaired) electrons. The van der Waals surface area contributed by atoms with Gasteiger partial charge in [0.2, 0.25) is 0 Å². The van der Waals surface area contributed by atoms with Gasteiger partial charge in [0.1, 0.15) is 11.4 Å². The first-order valence-corrected chi connectivity index (χ1v) is 6.60. The lowest BCUT2D eigenvalue weighted by Crippen LogP contribution is -2.20. The Morgan fingerprint density at radius 1 is 1.20 bits per heavy atom. The Kier molecular flexibility index (Phi) is 4.58. The number of hydrogen-bond donors (Lipinski definition) is 1. The Morgan fingerprint density at radius 3 is 2.65 bits per heavy atom. The van der Waals surface area contributed by atoms with Crippen molar-refractivity contribution in [3.05, 3.63) is 53.9 Å². The second-order valence-corrected chi connectivity index (χ2v) is 4.80. The summed E-state index contributed by atoms with van der Waals surface area (Å²) in [7, 11) is 7.67. The maximum absolute atomic E-state index is 5.41. The minimum absolute atomic E-state index is 0.00560. The quantitative estimate of drug-likeness (QED) is 0.906. The number of rotatable bonds is 5. The fraction of sp³-hybridized carbons (Fsp3) is 0.312. The Labute approximate surface area is 120 Å². The monoisotopic (exact) mass is 271 g/mol. The summed E-state index contributed by atoms with van der Waals surface area (Å²) in [6.45, 7) is 0. The topological polar surface area (TPSA) is 37.4 Å². The molecule has 1 atom stereocenters. The van der Waals surface area contributed by atoms with E-state index in [9.17, 15) is 0 Å². The van der Waals surface area contributed by atoms with Gasteiger partial charge >= 0.3 is 0 Å². The minimum Gasteiger partial charge on any atom is -0.495 e. The Hall–Kier alpha value is -2.07. The SMILES string of the molecule is CNC(c1cccc(N(C)C)c1)c1ncccc1OC. The number of aromatic nitrogens is 1. The summed E-state index contributed by atoms with van der Waals surface area (Å²) in [5.74, 6) is 0.794. The van der Waals surface area contributed by atoms with Crippen molar-refractivity contribution in [2.45, 2.75) is 6.04 Å². The van der Waals surface area contributed by atoms with Gasteiger partial charge in [0.25, 0.3) is 0 Å². The van der Waals surface area contributed by atoms with Crippen LogP contribution in [0.3, 0.4) is 0 Å². The summed E-state index contributed by atoms with van der Waals surface area (Å²) in [6.07, 6.45) is 1.79. The fourth-order valence-electron chi connectivity index (χ4n) is 2.24. The molecule has 4 nitrogen and oxygen atoms in total. The minimum atomic E-state index is 0.00560. The lowest BCUT2D eigenvalue weighted by Gasteiger charge is -2.20. The number of hydrogen-bond acceptors (Lipinski definition) is 4. The molecule has 4 heteroatoms. The van der Waals surface area contributed by atoms with Gasteiger partial charge in [0, 0.05) is 26.0 Å². The van der Waals surface area contributed by atoms with Gasteiger partial charge in [-0.2, -0.15) is 0 Å². The summed E-state index contributed by atoms with van der Waals surface area (Å²) in [5, 5.41) is 3.31. The molecule has 2 aromatic rings. The molecular weight excluding hydrogens is 250 g/mol. The summed E-state index contributed by atoms with van der Waals surface area (Å²) < 4.78 is 5.41. The number of ether oxygens (including phenoxy) is 1. The first kappa shape index (κ1) is 14.3. The van der Waals surface area contributed by atoms with Gasteiger partial charge in [-0.15, -0.1) is 0 Å². The average molecular weight is 271 g/mol. The van der Waals surface area contributed by atoms with Gasteiger partial charge < -0.3 is 15.0 Å². The Bertz CT molecular complexity index is 569. The average Bonchev–Trinajstić information content (AvgIpc) is 2.49. The largest absolute Gasteiger partial charge is 0.495 e. The number of nitrogens with one attached hydrogen (secondary N) is 1. The van der Waals surface area contributed by atoms with Crippen LogP contribution in [0.25, 0.3) is 0 Å². The third kappa shape index (κ3) is 2.91. The molecule has 1 aromatic heterocycles. The van der Waals surface area contributed by atoms with E-state index in [0.29, 0.717) is 0 Å². The van der Waals surface area contributed by atoms with E-state index in [0.717, 1.165) is 22.7 Å². The highest BCUT2D eigenvalue weighted by Gasteiger charge is 2.18. The number of benzene rings is 1. The van der Waals surface area contributed by atoms with E-state index in [4.69, 9.17) is 4.74 Å². The molecule has 1 N–H and O–H groups in total. The maximum atomic E-state index is 5.41. The van der Waals surface area contributed by atoms with Crippen LogP contribution < -0.4 is 15.0 Å². The van der Waals surface area contributed by atoms with Crippen molar-refractivity contribution in [2.75, 3.05) is 33.2 Å². The van der Waals surface area contributed by atoms with Gasteiger partial charge in [-0.1, -0.05) is 12.1 Å². The van der Waals surface area contributed by atoms with Crippen LogP contribution in [-0.2, 0) is 0 Å². The molecule has 106 valence electrons. The molecule has 2 rings (SSSR count). The van der Waals surface area contributed by atoms with Crippen LogP contribution in [0.5, 0.6) is 5.75 Å². The van der Waals surface area contributed by atoms with Gasteiger partial charge in [-0.25, -0.2) is 0 Å². The van der Waals surface area contributed by atoms with Crippen molar-refractivity contribution in [3.8, 4) is 5.75 Å². The third-order valence-corrected chi connectivity index (χ3v) is 3.30. The van der Waals surface area contributed by atoms with Gasteiger partial charge in [0.05, 0.1) is 13.2 Å². The number of anilines is 1. The van der Waals surface area contributed by atoms with Crippen molar-refractivity contribution in [3.63, 3.8) is 0 Å². The fourth-order valence-corrected chi connectivity index (χ4v) is 2.24. The molecular formula is C16H21N3O. The molecule has 0 aliphatic heterocycles. The third-order valence-electron chi connectivity index (χ3n) is 3.30. The Balaban J connectivity index is 2.44. The van der Waals surface area contributed by atoms with E-state index in [-0.39, 0.29) is 6.04 Å². The maximum Gasteiger partial charge on any atom is 0.142 e. The Morgan fingerprint density at radius 2 is 2.00 bits per heavy atom. The number of nitrogens with zero attached hydrogens (tertiary/aromatic N) is 2. The normalized spacial score (nSPS) is 12.0. The van der Waals surface area contributed by atoms with Crippen molar-refractivity contribution in [2.24, 2.45) is 0 Å². The van der Waals surface area contributed by atoms with Gasteiger partial charge in [0.15, 0.2) is 0 Å². The smallest absolute Gasteiger partial charge is 0.142 e. The molecule has 0 aliphatic rings. The van der Waals surface area contributed by atoms with Crippen LogP contribution in [0.4, 0.5) is 5.69 Å². The first-order valence-electron chi connectivity index (χ1n) is 6.60. The molecule has 20 heavy (non-hydrogen) atoms. The molecule has 1 aromatic carbocycles.